The van der Waals surface area contributed by atoms with Gasteiger partial charge in [-0.1, -0.05) is 57.7 Å². The Morgan fingerprint density at radius 1 is 1.09 bits per heavy atom. The lowest BCUT2D eigenvalue weighted by atomic mass is 10.0. The molecule has 4 heteroatoms. The average Bonchev–Trinajstić information content (AvgIpc) is 2.75. The topological polar surface area (TPSA) is 50.4 Å². The van der Waals surface area contributed by atoms with E-state index in [9.17, 15) is 4.79 Å². The van der Waals surface area contributed by atoms with Crippen LogP contribution in [-0.4, -0.2) is 18.3 Å². The monoisotopic (exact) mass is 318 g/mol. The van der Waals surface area contributed by atoms with E-state index in [0.29, 0.717) is 12.0 Å². The Labute approximate surface area is 140 Å². The van der Waals surface area contributed by atoms with Gasteiger partial charge in [-0.05, 0) is 37.3 Å². The summed E-state index contributed by atoms with van der Waals surface area (Å²) in [5.41, 5.74) is 1.16. The van der Waals surface area contributed by atoms with E-state index in [-0.39, 0.29) is 12.3 Å². The summed E-state index contributed by atoms with van der Waals surface area (Å²) < 4.78 is 5.92. The molecule has 1 aromatic rings. The SMILES string of the molecule is CC(NC(=O)NC1CCCCCC1)Oc1ccccc1C(C)C. The van der Waals surface area contributed by atoms with Gasteiger partial charge in [-0.15, -0.1) is 0 Å². The molecule has 1 aliphatic carbocycles. The van der Waals surface area contributed by atoms with Gasteiger partial charge in [0.15, 0.2) is 6.23 Å². The molecule has 1 aromatic carbocycles. The molecule has 0 bridgehead atoms. The highest BCUT2D eigenvalue weighted by atomic mass is 16.5. The minimum atomic E-state index is -0.360. The smallest absolute Gasteiger partial charge is 0.317 e. The zero-order chi connectivity index (χ0) is 16.7. The summed E-state index contributed by atoms with van der Waals surface area (Å²) in [6, 6.07) is 8.16. The first-order valence-corrected chi connectivity index (χ1v) is 8.89. The average molecular weight is 318 g/mol. The largest absolute Gasteiger partial charge is 0.471 e. The van der Waals surface area contributed by atoms with Gasteiger partial charge < -0.3 is 15.4 Å². The van der Waals surface area contributed by atoms with E-state index in [4.69, 9.17) is 4.74 Å². The molecule has 2 amide bonds. The van der Waals surface area contributed by atoms with E-state index in [1.165, 1.54) is 25.7 Å². The maximum Gasteiger partial charge on any atom is 0.317 e. The van der Waals surface area contributed by atoms with E-state index in [1.807, 2.05) is 25.1 Å². The molecule has 1 atom stereocenters. The molecule has 1 saturated carbocycles. The third-order valence-electron chi connectivity index (χ3n) is 4.37. The molecular formula is C19H30N2O2. The molecule has 23 heavy (non-hydrogen) atoms. The van der Waals surface area contributed by atoms with Crippen LogP contribution < -0.4 is 15.4 Å². The lowest BCUT2D eigenvalue weighted by molar-refractivity contribution is 0.173. The third-order valence-corrected chi connectivity index (χ3v) is 4.37. The second kappa shape index (κ2) is 8.80. The summed E-state index contributed by atoms with van der Waals surface area (Å²) >= 11 is 0. The van der Waals surface area contributed by atoms with Crippen LogP contribution in [0.3, 0.4) is 0 Å². The number of rotatable bonds is 5. The van der Waals surface area contributed by atoms with Gasteiger partial charge in [0, 0.05) is 6.04 Å². The van der Waals surface area contributed by atoms with Gasteiger partial charge in [0.2, 0.25) is 0 Å². The second-order valence-electron chi connectivity index (χ2n) is 6.76. The van der Waals surface area contributed by atoms with Gasteiger partial charge >= 0.3 is 6.03 Å². The number of urea groups is 1. The molecule has 1 fully saturated rings. The van der Waals surface area contributed by atoms with Crippen LogP contribution in [0.25, 0.3) is 0 Å². The van der Waals surface area contributed by atoms with Crippen LogP contribution in [0.4, 0.5) is 4.79 Å². The number of hydrogen-bond acceptors (Lipinski definition) is 2. The lowest BCUT2D eigenvalue weighted by Gasteiger charge is -2.22. The third kappa shape index (κ3) is 5.77. The van der Waals surface area contributed by atoms with Crippen molar-refractivity contribution in [3.05, 3.63) is 29.8 Å². The van der Waals surface area contributed by atoms with E-state index >= 15 is 0 Å². The van der Waals surface area contributed by atoms with Crippen LogP contribution in [0, 0.1) is 0 Å². The Morgan fingerprint density at radius 3 is 2.39 bits per heavy atom. The number of nitrogens with one attached hydrogen (secondary N) is 2. The fourth-order valence-corrected chi connectivity index (χ4v) is 3.12. The highest BCUT2D eigenvalue weighted by Gasteiger charge is 2.17. The second-order valence-corrected chi connectivity index (χ2v) is 6.76. The van der Waals surface area contributed by atoms with Crippen molar-refractivity contribution < 1.29 is 9.53 Å². The first kappa shape index (κ1) is 17.6. The molecule has 1 unspecified atom stereocenters. The first-order valence-electron chi connectivity index (χ1n) is 8.89. The van der Waals surface area contributed by atoms with Gasteiger partial charge in [-0.2, -0.15) is 0 Å². The number of ether oxygens (including phenoxy) is 1. The van der Waals surface area contributed by atoms with E-state index < -0.39 is 0 Å². The predicted molar refractivity (Wildman–Crippen MR) is 93.8 cm³/mol. The summed E-state index contributed by atoms with van der Waals surface area (Å²) in [6.07, 6.45) is 6.78. The number of carbonyl (C=O) groups excluding carboxylic acids is 1. The van der Waals surface area contributed by atoms with Crippen molar-refractivity contribution in [1.82, 2.24) is 10.6 Å². The molecule has 0 aromatic heterocycles. The van der Waals surface area contributed by atoms with Crippen LogP contribution in [0.1, 0.15) is 70.8 Å². The molecule has 1 aliphatic rings. The maximum absolute atomic E-state index is 12.1. The molecule has 0 heterocycles. The van der Waals surface area contributed by atoms with Gasteiger partial charge in [0.25, 0.3) is 0 Å². The normalized spacial score (nSPS) is 17.4. The molecular weight excluding hydrogens is 288 g/mol. The fourth-order valence-electron chi connectivity index (χ4n) is 3.12. The van der Waals surface area contributed by atoms with E-state index in [1.54, 1.807) is 0 Å². The number of para-hydroxylation sites is 1. The summed E-state index contributed by atoms with van der Waals surface area (Å²) in [4.78, 5) is 12.1. The standard InChI is InChI=1S/C19H30N2O2/c1-14(2)17-12-8-9-13-18(17)23-15(3)20-19(22)21-16-10-6-4-5-7-11-16/h8-9,12-16H,4-7,10-11H2,1-3H3,(H2,20,21,22). The van der Waals surface area contributed by atoms with Crippen LogP contribution in [-0.2, 0) is 0 Å². The Morgan fingerprint density at radius 2 is 1.74 bits per heavy atom. The van der Waals surface area contributed by atoms with Crippen LogP contribution in [0.15, 0.2) is 24.3 Å². The van der Waals surface area contributed by atoms with Gasteiger partial charge in [-0.3, -0.25) is 0 Å². The van der Waals surface area contributed by atoms with Gasteiger partial charge in [-0.25, -0.2) is 4.79 Å². The molecule has 0 spiro atoms. The highest BCUT2D eigenvalue weighted by molar-refractivity contribution is 5.74. The highest BCUT2D eigenvalue weighted by Crippen LogP contribution is 2.26. The predicted octanol–water partition coefficient (Wildman–Crippen LogP) is 4.56. The number of carbonyl (C=O) groups is 1. The van der Waals surface area contributed by atoms with E-state index in [2.05, 4.69) is 30.5 Å². The molecule has 128 valence electrons. The Bertz CT molecular complexity index is 494. The Kier molecular flexibility index (Phi) is 6.75. The lowest BCUT2D eigenvalue weighted by Crippen LogP contribution is -2.47. The zero-order valence-corrected chi connectivity index (χ0v) is 14.6. The molecule has 0 saturated heterocycles. The van der Waals surface area contributed by atoms with Crippen molar-refractivity contribution in [2.75, 3.05) is 0 Å². The minimum Gasteiger partial charge on any atom is -0.471 e. The fraction of sp³-hybridized carbons (Fsp3) is 0.632. The number of benzene rings is 1. The molecule has 4 nitrogen and oxygen atoms in total. The van der Waals surface area contributed by atoms with Crippen molar-refractivity contribution in [3.8, 4) is 5.75 Å². The van der Waals surface area contributed by atoms with Crippen molar-refractivity contribution >= 4 is 6.03 Å². The van der Waals surface area contributed by atoms with Crippen LogP contribution >= 0.6 is 0 Å². The Hall–Kier alpha value is -1.71. The number of amides is 2. The van der Waals surface area contributed by atoms with Gasteiger partial charge in [0.05, 0.1) is 0 Å². The number of hydrogen-bond donors (Lipinski definition) is 2. The van der Waals surface area contributed by atoms with Crippen molar-refractivity contribution in [2.45, 2.75) is 77.5 Å². The molecule has 0 aliphatic heterocycles. The van der Waals surface area contributed by atoms with Crippen LogP contribution in [0.2, 0.25) is 0 Å². The van der Waals surface area contributed by atoms with E-state index in [0.717, 1.165) is 24.2 Å². The summed E-state index contributed by atoms with van der Waals surface area (Å²) in [7, 11) is 0. The zero-order valence-electron chi connectivity index (χ0n) is 14.6. The molecule has 2 N–H and O–H groups in total. The quantitative estimate of drug-likeness (QED) is 0.618. The summed E-state index contributed by atoms with van der Waals surface area (Å²) in [5, 5.41) is 5.97. The molecule has 2 rings (SSSR count). The Balaban J connectivity index is 1.84. The molecule has 0 radical (unpaired) electrons. The van der Waals surface area contributed by atoms with Crippen molar-refractivity contribution in [1.29, 1.82) is 0 Å². The van der Waals surface area contributed by atoms with Crippen LogP contribution in [0.5, 0.6) is 5.75 Å². The van der Waals surface area contributed by atoms with Crippen molar-refractivity contribution in [2.24, 2.45) is 0 Å². The summed E-state index contributed by atoms with van der Waals surface area (Å²) in [5.74, 6) is 1.22. The summed E-state index contributed by atoms with van der Waals surface area (Å²) in [6.45, 7) is 6.14. The van der Waals surface area contributed by atoms with Crippen molar-refractivity contribution in [3.63, 3.8) is 0 Å². The maximum atomic E-state index is 12.1. The minimum absolute atomic E-state index is 0.133. The first-order chi connectivity index (χ1) is 11.1. The van der Waals surface area contributed by atoms with Gasteiger partial charge in [0.1, 0.15) is 5.75 Å².